The van der Waals surface area contributed by atoms with E-state index in [4.69, 9.17) is 4.74 Å². The normalized spacial score (nSPS) is 16.6. The highest BCUT2D eigenvalue weighted by Gasteiger charge is 2.29. The van der Waals surface area contributed by atoms with E-state index in [1.807, 2.05) is 6.92 Å². The molecule has 0 aliphatic carbocycles. The molecule has 6 nitrogen and oxygen atoms in total. The third-order valence-electron chi connectivity index (χ3n) is 4.25. The standard InChI is InChI=1S/C17H21FN4O2/c1-17(7-10-24-11-8-17)21-16(23)20-15-6-9-19-22(15)12-13-4-2-3-5-14(13)18/h2-6,9H,7-8,10-12H2,1H3,(H2,20,21,23). The monoisotopic (exact) mass is 332 g/mol. The van der Waals surface area contributed by atoms with Gasteiger partial charge in [0.15, 0.2) is 0 Å². The van der Waals surface area contributed by atoms with E-state index in [1.54, 1.807) is 35.1 Å². The van der Waals surface area contributed by atoms with Gasteiger partial charge in [0.2, 0.25) is 0 Å². The number of halogens is 1. The van der Waals surface area contributed by atoms with Crippen LogP contribution in [0.15, 0.2) is 36.5 Å². The van der Waals surface area contributed by atoms with Crippen LogP contribution < -0.4 is 10.6 Å². The molecule has 24 heavy (non-hydrogen) atoms. The second-order valence-corrected chi connectivity index (χ2v) is 6.22. The Morgan fingerprint density at radius 2 is 2.08 bits per heavy atom. The minimum atomic E-state index is -0.297. The molecule has 128 valence electrons. The molecule has 1 aliphatic rings. The zero-order valence-electron chi connectivity index (χ0n) is 13.6. The number of nitrogens with zero attached hydrogens (tertiary/aromatic N) is 2. The van der Waals surface area contributed by atoms with Crippen molar-refractivity contribution in [1.82, 2.24) is 15.1 Å². The van der Waals surface area contributed by atoms with Crippen molar-refractivity contribution in [1.29, 1.82) is 0 Å². The number of nitrogens with one attached hydrogen (secondary N) is 2. The molecular weight excluding hydrogens is 311 g/mol. The van der Waals surface area contributed by atoms with Gasteiger partial charge in [-0.3, -0.25) is 5.32 Å². The predicted molar refractivity (Wildman–Crippen MR) is 88.3 cm³/mol. The largest absolute Gasteiger partial charge is 0.381 e. The predicted octanol–water partition coefficient (Wildman–Crippen LogP) is 2.76. The Labute approximate surface area is 140 Å². The van der Waals surface area contributed by atoms with Crippen LogP contribution in [0.1, 0.15) is 25.3 Å². The fourth-order valence-corrected chi connectivity index (χ4v) is 2.72. The van der Waals surface area contributed by atoms with E-state index in [2.05, 4.69) is 15.7 Å². The lowest BCUT2D eigenvalue weighted by Gasteiger charge is -2.34. The van der Waals surface area contributed by atoms with Crippen LogP contribution in [0, 0.1) is 5.82 Å². The molecule has 3 rings (SSSR count). The molecule has 0 bridgehead atoms. The third kappa shape index (κ3) is 3.91. The first-order chi connectivity index (χ1) is 11.6. The summed E-state index contributed by atoms with van der Waals surface area (Å²) in [5, 5.41) is 9.94. The average Bonchev–Trinajstić information content (AvgIpc) is 2.96. The summed E-state index contributed by atoms with van der Waals surface area (Å²) in [4.78, 5) is 12.3. The molecule has 1 saturated heterocycles. The third-order valence-corrected chi connectivity index (χ3v) is 4.25. The molecule has 0 radical (unpaired) electrons. The van der Waals surface area contributed by atoms with Crippen LogP contribution in [-0.2, 0) is 11.3 Å². The Bertz CT molecular complexity index is 710. The first kappa shape index (κ1) is 16.4. The molecule has 1 aromatic heterocycles. The fourth-order valence-electron chi connectivity index (χ4n) is 2.72. The summed E-state index contributed by atoms with van der Waals surface area (Å²) in [7, 11) is 0. The van der Waals surface area contributed by atoms with Gasteiger partial charge >= 0.3 is 6.03 Å². The van der Waals surface area contributed by atoms with Gasteiger partial charge < -0.3 is 10.1 Å². The zero-order valence-corrected chi connectivity index (χ0v) is 13.6. The first-order valence-electron chi connectivity index (χ1n) is 7.98. The Balaban J connectivity index is 1.65. The fraction of sp³-hybridized carbons (Fsp3) is 0.412. The number of ether oxygens (including phenoxy) is 1. The lowest BCUT2D eigenvalue weighted by molar-refractivity contribution is 0.0499. The van der Waals surface area contributed by atoms with Crippen LogP contribution in [0.5, 0.6) is 0 Å². The molecule has 2 N–H and O–H groups in total. The van der Waals surface area contributed by atoms with Gasteiger partial charge in [-0.15, -0.1) is 0 Å². The Morgan fingerprint density at radius 3 is 2.83 bits per heavy atom. The number of carbonyl (C=O) groups excluding carboxylic acids is 1. The molecule has 7 heteroatoms. The number of hydrogen-bond acceptors (Lipinski definition) is 3. The van der Waals surface area contributed by atoms with Gasteiger partial charge in [0.05, 0.1) is 12.7 Å². The highest BCUT2D eigenvalue weighted by molar-refractivity contribution is 5.88. The van der Waals surface area contributed by atoms with Crippen LogP contribution in [0.25, 0.3) is 0 Å². The summed E-state index contributed by atoms with van der Waals surface area (Å²) in [6, 6.07) is 7.91. The number of rotatable bonds is 4. The van der Waals surface area contributed by atoms with Crippen molar-refractivity contribution in [3.63, 3.8) is 0 Å². The summed E-state index contributed by atoms with van der Waals surface area (Å²) in [5.74, 6) is 0.226. The number of urea groups is 1. The van der Waals surface area contributed by atoms with Crippen molar-refractivity contribution in [3.05, 3.63) is 47.9 Å². The maximum absolute atomic E-state index is 13.8. The number of carbonyl (C=O) groups is 1. The van der Waals surface area contributed by atoms with E-state index in [1.165, 1.54) is 6.07 Å². The molecule has 2 aromatic rings. The van der Waals surface area contributed by atoms with E-state index >= 15 is 0 Å². The molecule has 1 aliphatic heterocycles. The molecule has 0 unspecified atom stereocenters. The van der Waals surface area contributed by atoms with Crippen molar-refractivity contribution in [2.75, 3.05) is 18.5 Å². The summed E-state index contributed by atoms with van der Waals surface area (Å²) >= 11 is 0. The SMILES string of the molecule is CC1(NC(=O)Nc2ccnn2Cc2ccccc2F)CCOCC1. The van der Waals surface area contributed by atoms with Crippen molar-refractivity contribution < 1.29 is 13.9 Å². The van der Waals surface area contributed by atoms with E-state index in [-0.39, 0.29) is 23.9 Å². The van der Waals surface area contributed by atoms with Crippen LogP contribution in [-0.4, -0.2) is 34.6 Å². The van der Waals surface area contributed by atoms with Gasteiger partial charge in [-0.1, -0.05) is 18.2 Å². The highest BCUT2D eigenvalue weighted by Crippen LogP contribution is 2.20. The van der Waals surface area contributed by atoms with Gasteiger partial charge in [0.25, 0.3) is 0 Å². The number of amides is 2. The molecule has 0 spiro atoms. The summed E-state index contributed by atoms with van der Waals surface area (Å²) in [5.41, 5.74) is 0.236. The molecule has 2 amide bonds. The smallest absolute Gasteiger partial charge is 0.320 e. The number of aromatic nitrogens is 2. The van der Waals surface area contributed by atoms with Crippen LogP contribution >= 0.6 is 0 Å². The Hall–Kier alpha value is -2.41. The molecule has 1 aromatic carbocycles. The summed E-state index contributed by atoms with van der Waals surface area (Å²) < 4.78 is 20.7. The van der Waals surface area contributed by atoms with E-state index in [0.29, 0.717) is 24.6 Å². The maximum atomic E-state index is 13.8. The minimum absolute atomic E-state index is 0.250. The quantitative estimate of drug-likeness (QED) is 0.904. The number of benzene rings is 1. The second-order valence-electron chi connectivity index (χ2n) is 6.22. The number of hydrogen-bond donors (Lipinski definition) is 2. The number of anilines is 1. The van der Waals surface area contributed by atoms with Gasteiger partial charge in [0, 0.05) is 30.4 Å². The summed E-state index contributed by atoms with van der Waals surface area (Å²) in [6.07, 6.45) is 3.12. The summed E-state index contributed by atoms with van der Waals surface area (Å²) in [6.45, 7) is 3.54. The first-order valence-corrected chi connectivity index (χ1v) is 7.98. The molecule has 0 atom stereocenters. The molecular formula is C17H21FN4O2. The molecule has 0 saturated carbocycles. The van der Waals surface area contributed by atoms with Crippen LogP contribution in [0.4, 0.5) is 15.0 Å². The van der Waals surface area contributed by atoms with E-state index < -0.39 is 0 Å². The Kier molecular flexibility index (Phi) is 4.80. The topological polar surface area (TPSA) is 68.2 Å². The average molecular weight is 332 g/mol. The van der Waals surface area contributed by atoms with Gasteiger partial charge in [-0.05, 0) is 25.8 Å². The second kappa shape index (κ2) is 7.00. The minimum Gasteiger partial charge on any atom is -0.381 e. The lowest BCUT2D eigenvalue weighted by atomic mass is 9.93. The molecule has 2 heterocycles. The van der Waals surface area contributed by atoms with E-state index in [0.717, 1.165) is 12.8 Å². The van der Waals surface area contributed by atoms with Gasteiger partial charge in [-0.2, -0.15) is 5.10 Å². The Morgan fingerprint density at radius 1 is 1.33 bits per heavy atom. The van der Waals surface area contributed by atoms with Crippen molar-refractivity contribution >= 4 is 11.8 Å². The zero-order chi connectivity index (χ0) is 17.0. The van der Waals surface area contributed by atoms with Crippen LogP contribution in [0.3, 0.4) is 0 Å². The van der Waals surface area contributed by atoms with E-state index in [9.17, 15) is 9.18 Å². The highest BCUT2D eigenvalue weighted by atomic mass is 19.1. The lowest BCUT2D eigenvalue weighted by Crippen LogP contribution is -2.51. The van der Waals surface area contributed by atoms with Crippen molar-refractivity contribution in [2.45, 2.75) is 31.8 Å². The maximum Gasteiger partial charge on any atom is 0.320 e. The van der Waals surface area contributed by atoms with Crippen LogP contribution in [0.2, 0.25) is 0 Å². The van der Waals surface area contributed by atoms with Crippen molar-refractivity contribution in [2.24, 2.45) is 0 Å². The molecule has 1 fully saturated rings. The van der Waals surface area contributed by atoms with Gasteiger partial charge in [-0.25, -0.2) is 13.9 Å². The van der Waals surface area contributed by atoms with Gasteiger partial charge in [0.1, 0.15) is 11.6 Å². The van der Waals surface area contributed by atoms with Crippen molar-refractivity contribution in [3.8, 4) is 0 Å².